The van der Waals surface area contributed by atoms with Crippen molar-refractivity contribution < 1.29 is 14.1 Å². The summed E-state index contributed by atoms with van der Waals surface area (Å²) < 4.78 is 10.6. The van der Waals surface area contributed by atoms with E-state index in [2.05, 4.69) is 25.3 Å². The summed E-state index contributed by atoms with van der Waals surface area (Å²) in [6, 6.07) is 7.73. The number of carbonyl (C=O) groups is 1. The molecule has 8 nitrogen and oxygen atoms in total. The molecule has 1 fully saturated rings. The second-order valence-electron chi connectivity index (χ2n) is 7.21. The van der Waals surface area contributed by atoms with E-state index in [1.165, 1.54) is 6.33 Å². The Morgan fingerprint density at radius 2 is 2.28 bits per heavy atom. The Morgan fingerprint density at radius 3 is 3.10 bits per heavy atom. The standard InChI is InChI=1S/C21H25N5O3/c1-3-17-18-19(23-13-24-21(18)29-25-17)26-9-5-7-15(12-26)20(27)22-11-14-6-4-8-16(10-14)28-2/h4,6,8,10,13,15H,3,5,7,9,11-12H2,1-2H3,(H,22,27)/t15-/m1/s1. The Labute approximate surface area is 169 Å². The Hall–Kier alpha value is -3.16. The average molecular weight is 395 g/mol. The van der Waals surface area contributed by atoms with Crippen LogP contribution >= 0.6 is 0 Å². The number of aryl methyl sites for hydroxylation is 1. The van der Waals surface area contributed by atoms with E-state index in [0.29, 0.717) is 18.8 Å². The molecule has 1 aliphatic rings. The third kappa shape index (κ3) is 4.01. The molecule has 1 amide bonds. The van der Waals surface area contributed by atoms with Gasteiger partial charge in [0, 0.05) is 19.6 Å². The number of ether oxygens (including phenoxy) is 1. The maximum absolute atomic E-state index is 12.8. The van der Waals surface area contributed by atoms with Crippen molar-refractivity contribution in [3.05, 3.63) is 41.9 Å². The first-order valence-electron chi connectivity index (χ1n) is 9.94. The van der Waals surface area contributed by atoms with Gasteiger partial charge in [-0.05, 0) is 37.0 Å². The summed E-state index contributed by atoms with van der Waals surface area (Å²) in [5, 5.41) is 8.02. The van der Waals surface area contributed by atoms with E-state index < -0.39 is 0 Å². The Balaban J connectivity index is 1.46. The average Bonchev–Trinajstić information content (AvgIpc) is 3.21. The predicted molar refractivity (Wildman–Crippen MR) is 109 cm³/mol. The van der Waals surface area contributed by atoms with E-state index in [0.717, 1.165) is 54.0 Å². The van der Waals surface area contributed by atoms with Gasteiger partial charge in [0.1, 0.15) is 23.3 Å². The number of nitrogens with zero attached hydrogens (tertiary/aromatic N) is 4. The lowest BCUT2D eigenvalue weighted by Crippen LogP contribution is -2.43. The summed E-state index contributed by atoms with van der Waals surface area (Å²) in [5.74, 6) is 1.56. The molecule has 4 rings (SSSR count). The fourth-order valence-electron chi connectivity index (χ4n) is 3.81. The number of piperidine rings is 1. The van der Waals surface area contributed by atoms with Crippen molar-refractivity contribution in [2.75, 3.05) is 25.1 Å². The number of methoxy groups -OCH3 is 1. The fourth-order valence-corrected chi connectivity index (χ4v) is 3.81. The molecular weight excluding hydrogens is 370 g/mol. The maximum Gasteiger partial charge on any atom is 0.263 e. The van der Waals surface area contributed by atoms with Crippen LogP contribution in [0.1, 0.15) is 31.0 Å². The predicted octanol–water partition coefficient (Wildman–Crippen LogP) is 2.72. The van der Waals surface area contributed by atoms with Crippen LogP contribution in [0, 0.1) is 5.92 Å². The minimum atomic E-state index is -0.0932. The molecule has 0 spiro atoms. The van der Waals surface area contributed by atoms with Gasteiger partial charge in [0.2, 0.25) is 5.91 Å². The lowest BCUT2D eigenvalue weighted by molar-refractivity contribution is -0.125. The van der Waals surface area contributed by atoms with Crippen LogP contribution in [0.15, 0.2) is 35.1 Å². The molecule has 1 saturated heterocycles. The topological polar surface area (TPSA) is 93.4 Å². The van der Waals surface area contributed by atoms with E-state index in [-0.39, 0.29) is 11.8 Å². The summed E-state index contributed by atoms with van der Waals surface area (Å²) in [5.41, 5.74) is 2.36. The highest BCUT2D eigenvalue weighted by Gasteiger charge is 2.28. The van der Waals surface area contributed by atoms with Crippen molar-refractivity contribution in [1.29, 1.82) is 0 Å². The van der Waals surface area contributed by atoms with Crippen molar-refractivity contribution in [2.24, 2.45) is 5.92 Å². The smallest absolute Gasteiger partial charge is 0.263 e. The van der Waals surface area contributed by atoms with Crippen LogP contribution in [0.2, 0.25) is 0 Å². The Kier molecular flexibility index (Phi) is 5.59. The van der Waals surface area contributed by atoms with Crippen molar-refractivity contribution in [3.8, 4) is 5.75 Å². The van der Waals surface area contributed by atoms with Gasteiger partial charge in [0.15, 0.2) is 0 Å². The van der Waals surface area contributed by atoms with E-state index in [1.54, 1.807) is 7.11 Å². The molecule has 1 atom stereocenters. The van der Waals surface area contributed by atoms with Gasteiger partial charge in [-0.3, -0.25) is 4.79 Å². The molecule has 1 aliphatic heterocycles. The quantitative estimate of drug-likeness (QED) is 0.686. The number of hydrogen-bond acceptors (Lipinski definition) is 7. The van der Waals surface area contributed by atoms with Crippen molar-refractivity contribution in [2.45, 2.75) is 32.7 Å². The number of fused-ring (bicyclic) bond motifs is 1. The zero-order valence-corrected chi connectivity index (χ0v) is 16.7. The number of nitrogens with one attached hydrogen (secondary N) is 1. The van der Waals surface area contributed by atoms with Gasteiger partial charge in [0.25, 0.3) is 5.71 Å². The zero-order valence-electron chi connectivity index (χ0n) is 16.7. The number of aromatic nitrogens is 3. The van der Waals surface area contributed by atoms with E-state index in [1.807, 2.05) is 31.2 Å². The molecule has 3 heterocycles. The van der Waals surface area contributed by atoms with Crippen molar-refractivity contribution in [1.82, 2.24) is 20.4 Å². The Bertz CT molecular complexity index is 1000. The lowest BCUT2D eigenvalue weighted by atomic mass is 9.96. The van der Waals surface area contributed by atoms with E-state index in [4.69, 9.17) is 9.26 Å². The maximum atomic E-state index is 12.8. The number of benzene rings is 1. The van der Waals surface area contributed by atoms with Crippen LogP contribution in [-0.4, -0.2) is 41.2 Å². The van der Waals surface area contributed by atoms with Crippen LogP contribution in [0.5, 0.6) is 5.75 Å². The number of rotatable bonds is 6. The van der Waals surface area contributed by atoms with Gasteiger partial charge in [-0.2, -0.15) is 4.98 Å². The molecule has 0 unspecified atom stereocenters. The highest BCUT2D eigenvalue weighted by Crippen LogP contribution is 2.30. The van der Waals surface area contributed by atoms with Gasteiger partial charge in [-0.15, -0.1) is 0 Å². The molecule has 0 aliphatic carbocycles. The van der Waals surface area contributed by atoms with Crippen molar-refractivity contribution in [3.63, 3.8) is 0 Å². The molecule has 0 radical (unpaired) electrons. The van der Waals surface area contributed by atoms with Crippen LogP contribution in [-0.2, 0) is 17.8 Å². The number of anilines is 1. The fraction of sp³-hybridized carbons (Fsp3) is 0.429. The molecule has 152 valence electrons. The second-order valence-corrected chi connectivity index (χ2v) is 7.21. The highest BCUT2D eigenvalue weighted by molar-refractivity contribution is 5.88. The number of hydrogen-bond donors (Lipinski definition) is 1. The molecule has 3 aromatic rings. The normalized spacial score (nSPS) is 16.8. The third-order valence-electron chi connectivity index (χ3n) is 5.35. The van der Waals surface area contributed by atoms with E-state index >= 15 is 0 Å². The van der Waals surface area contributed by atoms with E-state index in [9.17, 15) is 4.79 Å². The summed E-state index contributed by atoms with van der Waals surface area (Å²) in [6.07, 6.45) is 4.02. The van der Waals surface area contributed by atoms with Gasteiger partial charge in [-0.1, -0.05) is 24.2 Å². The molecule has 8 heteroatoms. The van der Waals surface area contributed by atoms with Crippen LogP contribution in [0.4, 0.5) is 5.82 Å². The Morgan fingerprint density at radius 1 is 1.38 bits per heavy atom. The zero-order chi connectivity index (χ0) is 20.2. The molecule has 1 aromatic carbocycles. The highest BCUT2D eigenvalue weighted by atomic mass is 16.5. The van der Waals surface area contributed by atoms with Crippen LogP contribution in [0.3, 0.4) is 0 Å². The monoisotopic (exact) mass is 395 g/mol. The summed E-state index contributed by atoms with van der Waals surface area (Å²) in [7, 11) is 1.64. The van der Waals surface area contributed by atoms with Gasteiger partial charge < -0.3 is 19.5 Å². The van der Waals surface area contributed by atoms with Crippen LogP contribution < -0.4 is 15.0 Å². The summed E-state index contributed by atoms with van der Waals surface area (Å²) in [6.45, 7) is 3.97. The molecule has 0 saturated carbocycles. The SMILES string of the molecule is CCc1noc2ncnc(N3CCC[C@@H](C(=O)NCc4cccc(OC)c4)C3)c12. The molecule has 2 aromatic heterocycles. The van der Waals surface area contributed by atoms with Gasteiger partial charge in [-0.25, -0.2) is 4.98 Å². The molecule has 1 N–H and O–H groups in total. The number of amides is 1. The minimum Gasteiger partial charge on any atom is -0.497 e. The first-order chi connectivity index (χ1) is 14.2. The first-order valence-corrected chi connectivity index (χ1v) is 9.94. The first kappa shape index (κ1) is 19.2. The minimum absolute atomic E-state index is 0.0591. The van der Waals surface area contributed by atoms with Gasteiger partial charge >= 0.3 is 0 Å². The van der Waals surface area contributed by atoms with Crippen molar-refractivity contribution >= 4 is 22.8 Å². The lowest BCUT2D eigenvalue weighted by Gasteiger charge is -2.33. The second kappa shape index (κ2) is 8.46. The molecule has 0 bridgehead atoms. The summed E-state index contributed by atoms with van der Waals surface area (Å²) in [4.78, 5) is 23.6. The largest absolute Gasteiger partial charge is 0.497 e. The number of carbonyl (C=O) groups excluding carboxylic acids is 1. The molecule has 29 heavy (non-hydrogen) atoms. The molecular formula is C21H25N5O3. The van der Waals surface area contributed by atoms with Gasteiger partial charge in [0.05, 0.1) is 18.7 Å². The van der Waals surface area contributed by atoms with Crippen LogP contribution in [0.25, 0.3) is 11.1 Å². The third-order valence-corrected chi connectivity index (χ3v) is 5.35. The summed E-state index contributed by atoms with van der Waals surface area (Å²) >= 11 is 0.